The maximum absolute atomic E-state index is 13.0. The SMILES string of the molecule is CN(C)C(=O)n1c(C(=O)NCCc2ccccc2)cc2c1c1ccccc1n2C. The third kappa shape index (κ3) is 3.27. The van der Waals surface area contributed by atoms with E-state index < -0.39 is 0 Å². The van der Waals surface area contributed by atoms with Crippen LogP contribution < -0.4 is 5.32 Å². The quantitative estimate of drug-likeness (QED) is 0.580. The number of aromatic nitrogens is 2. The highest BCUT2D eigenvalue weighted by atomic mass is 16.2. The summed E-state index contributed by atoms with van der Waals surface area (Å²) in [7, 11) is 5.33. The fourth-order valence-corrected chi connectivity index (χ4v) is 3.73. The monoisotopic (exact) mass is 388 g/mol. The summed E-state index contributed by atoms with van der Waals surface area (Å²) in [6, 6.07) is 19.5. The lowest BCUT2D eigenvalue weighted by Gasteiger charge is -2.15. The molecule has 0 bridgehead atoms. The summed E-state index contributed by atoms with van der Waals surface area (Å²) in [5, 5.41) is 3.91. The van der Waals surface area contributed by atoms with Crippen molar-refractivity contribution in [3.8, 4) is 0 Å². The van der Waals surface area contributed by atoms with E-state index in [2.05, 4.69) is 5.32 Å². The lowest BCUT2D eigenvalue weighted by atomic mass is 10.1. The van der Waals surface area contributed by atoms with Crippen LogP contribution in [-0.4, -0.2) is 46.6 Å². The minimum absolute atomic E-state index is 0.246. The first-order valence-electron chi connectivity index (χ1n) is 9.61. The van der Waals surface area contributed by atoms with Gasteiger partial charge in [-0.2, -0.15) is 0 Å². The van der Waals surface area contributed by atoms with Crippen LogP contribution >= 0.6 is 0 Å². The second kappa shape index (κ2) is 7.47. The first kappa shape index (κ1) is 18.8. The van der Waals surface area contributed by atoms with Crippen molar-refractivity contribution in [1.29, 1.82) is 0 Å². The molecule has 0 saturated carbocycles. The number of benzene rings is 2. The summed E-state index contributed by atoms with van der Waals surface area (Å²) in [5.41, 5.74) is 4.14. The van der Waals surface area contributed by atoms with Crippen molar-refractivity contribution in [2.75, 3.05) is 20.6 Å². The average Bonchev–Trinajstić information content (AvgIpc) is 3.25. The van der Waals surface area contributed by atoms with Crippen molar-refractivity contribution < 1.29 is 9.59 Å². The Morgan fingerprint density at radius 2 is 1.66 bits per heavy atom. The van der Waals surface area contributed by atoms with Gasteiger partial charge in [-0.1, -0.05) is 48.5 Å². The van der Waals surface area contributed by atoms with Gasteiger partial charge in [0, 0.05) is 33.1 Å². The van der Waals surface area contributed by atoms with E-state index in [1.807, 2.05) is 66.2 Å². The molecule has 0 atom stereocenters. The number of hydrogen-bond acceptors (Lipinski definition) is 2. The predicted molar refractivity (Wildman–Crippen MR) is 115 cm³/mol. The zero-order valence-electron chi connectivity index (χ0n) is 16.8. The van der Waals surface area contributed by atoms with Gasteiger partial charge in [-0.05, 0) is 24.1 Å². The Kier molecular flexibility index (Phi) is 4.84. The molecule has 29 heavy (non-hydrogen) atoms. The van der Waals surface area contributed by atoms with Gasteiger partial charge in [-0.15, -0.1) is 0 Å². The molecule has 2 aromatic carbocycles. The molecule has 0 radical (unpaired) electrons. The standard InChI is InChI=1S/C23H24N4O2/c1-25(2)23(29)27-20(22(28)24-14-13-16-9-5-4-6-10-16)15-19-21(27)17-11-7-8-12-18(17)26(19)3/h4-12,15H,13-14H2,1-3H3,(H,24,28). The summed E-state index contributed by atoms with van der Waals surface area (Å²) in [6.45, 7) is 0.501. The van der Waals surface area contributed by atoms with E-state index in [0.717, 1.165) is 33.9 Å². The molecule has 2 heterocycles. The first-order chi connectivity index (χ1) is 14.0. The van der Waals surface area contributed by atoms with Gasteiger partial charge in [0.15, 0.2) is 0 Å². The molecule has 0 saturated heterocycles. The number of aryl methyl sites for hydroxylation is 1. The molecule has 0 fully saturated rings. The van der Waals surface area contributed by atoms with Crippen molar-refractivity contribution in [2.45, 2.75) is 6.42 Å². The lowest BCUT2D eigenvalue weighted by molar-refractivity contribution is 0.0945. The van der Waals surface area contributed by atoms with Crippen LogP contribution in [0.3, 0.4) is 0 Å². The number of rotatable bonds is 4. The fraction of sp³-hybridized carbons (Fsp3) is 0.217. The van der Waals surface area contributed by atoms with Gasteiger partial charge in [0.2, 0.25) is 0 Å². The van der Waals surface area contributed by atoms with Crippen molar-refractivity contribution in [3.63, 3.8) is 0 Å². The van der Waals surface area contributed by atoms with Crippen LogP contribution in [-0.2, 0) is 13.5 Å². The van der Waals surface area contributed by atoms with E-state index in [-0.39, 0.29) is 11.9 Å². The molecule has 0 unspecified atom stereocenters. The second-order valence-corrected chi connectivity index (χ2v) is 7.34. The summed E-state index contributed by atoms with van der Waals surface area (Å²) < 4.78 is 3.54. The van der Waals surface area contributed by atoms with Crippen molar-refractivity contribution in [2.24, 2.45) is 7.05 Å². The zero-order valence-corrected chi connectivity index (χ0v) is 16.8. The Labute approximate surface area is 169 Å². The Morgan fingerprint density at radius 1 is 0.966 bits per heavy atom. The molecule has 2 amide bonds. The molecule has 148 valence electrons. The highest BCUT2D eigenvalue weighted by Gasteiger charge is 2.25. The predicted octanol–water partition coefficient (Wildman–Crippen LogP) is 3.64. The average molecular weight is 388 g/mol. The van der Waals surface area contributed by atoms with Crippen molar-refractivity contribution >= 4 is 33.9 Å². The fourth-order valence-electron chi connectivity index (χ4n) is 3.73. The van der Waals surface area contributed by atoms with E-state index >= 15 is 0 Å². The molecule has 0 spiro atoms. The van der Waals surface area contributed by atoms with Crippen LogP contribution in [0.5, 0.6) is 0 Å². The Bertz CT molecular complexity index is 1200. The van der Waals surface area contributed by atoms with Crippen LogP contribution in [0.2, 0.25) is 0 Å². The Hall–Kier alpha value is -3.54. The third-order valence-electron chi connectivity index (χ3n) is 5.21. The molecular weight excluding hydrogens is 364 g/mol. The van der Waals surface area contributed by atoms with E-state index in [1.54, 1.807) is 20.2 Å². The molecule has 2 aromatic heterocycles. The number of fused-ring (bicyclic) bond motifs is 3. The van der Waals surface area contributed by atoms with Crippen LogP contribution in [0.1, 0.15) is 16.1 Å². The van der Waals surface area contributed by atoms with Gasteiger partial charge >= 0.3 is 6.03 Å². The van der Waals surface area contributed by atoms with Gasteiger partial charge in [-0.3, -0.25) is 9.36 Å². The van der Waals surface area contributed by atoms with Crippen LogP contribution in [0.4, 0.5) is 4.79 Å². The molecule has 0 aliphatic carbocycles. The summed E-state index contributed by atoms with van der Waals surface area (Å²) in [5.74, 6) is -0.253. The topological polar surface area (TPSA) is 59.3 Å². The molecule has 0 aliphatic rings. The minimum Gasteiger partial charge on any atom is -0.350 e. The lowest BCUT2D eigenvalue weighted by Crippen LogP contribution is -2.33. The smallest absolute Gasteiger partial charge is 0.328 e. The number of nitrogens with one attached hydrogen (secondary N) is 1. The van der Waals surface area contributed by atoms with Crippen LogP contribution in [0, 0.1) is 0 Å². The summed E-state index contributed by atoms with van der Waals surface area (Å²) >= 11 is 0. The van der Waals surface area contributed by atoms with Gasteiger partial charge in [-0.25, -0.2) is 4.79 Å². The number of carbonyl (C=O) groups excluding carboxylic acids is 2. The molecule has 6 nitrogen and oxygen atoms in total. The number of carbonyl (C=O) groups is 2. The van der Waals surface area contributed by atoms with Gasteiger partial charge in [0.1, 0.15) is 5.69 Å². The van der Waals surface area contributed by atoms with Crippen LogP contribution in [0.15, 0.2) is 60.7 Å². The summed E-state index contributed by atoms with van der Waals surface area (Å²) in [6.07, 6.45) is 0.733. The molecule has 4 rings (SSSR count). The summed E-state index contributed by atoms with van der Waals surface area (Å²) in [4.78, 5) is 27.5. The maximum atomic E-state index is 13.0. The molecule has 1 N–H and O–H groups in total. The van der Waals surface area contributed by atoms with Crippen LogP contribution in [0.25, 0.3) is 21.9 Å². The number of amides is 2. The molecular formula is C23H24N4O2. The van der Waals surface area contributed by atoms with Gasteiger partial charge < -0.3 is 14.8 Å². The van der Waals surface area contributed by atoms with E-state index in [1.165, 1.54) is 9.47 Å². The Balaban J connectivity index is 1.73. The normalized spacial score (nSPS) is 11.1. The number of nitrogens with zero attached hydrogens (tertiary/aromatic N) is 3. The maximum Gasteiger partial charge on any atom is 0.328 e. The van der Waals surface area contributed by atoms with E-state index in [9.17, 15) is 9.59 Å². The van der Waals surface area contributed by atoms with Crippen molar-refractivity contribution in [3.05, 3.63) is 71.9 Å². The number of para-hydroxylation sites is 1. The first-order valence-corrected chi connectivity index (χ1v) is 9.61. The molecule has 0 aliphatic heterocycles. The van der Waals surface area contributed by atoms with Gasteiger partial charge in [0.05, 0.1) is 16.6 Å². The number of hydrogen-bond donors (Lipinski definition) is 1. The highest BCUT2D eigenvalue weighted by Crippen LogP contribution is 2.31. The van der Waals surface area contributed by atoms with E-state index in [0.29, 0.717) is 12.2 Å². The molecule has 4 aromatic rings. The van der Waals surface area contributed by atoms with Crippen molar-refractivity contribution in [1.82, 2.24) is 19.4 Å². The third-order valence-corrected chi connectivity index (χ3v) is 5.21. The largest absolute Gasteiger partial charge is 0.350 e. The second-order valence-electron chi connectivity index (χ2n) is 7.34. The highest BCUT2D eigenvalue weighted by molar-refractivity contribution is 6.14. The Morgan fingerprint density at radius 3 is 2.38 bits per heavy atom. The zero-order chi connectivity index (χ0) is 20.5. The molecule has 6 heteroatoms. The minimum atomic E-state index is -0.253. The van der Waals surface area contributed by atoms with Gasteiger partial charge in [0.25, 0.3) is 5.91 Å². The van der Waals surface area contributed by atoms with E-state index in [4.69, 9.17) is 0 Å².